The van der Waals surface area contributed by atoms with E-state index in [2.05, 4.69) is 10.2 Å². The van der Waals surface area contributed by atoms with Crippen LogP contribution >= 0.6 is 11.8 Å². The molecule has 0 fully saturated rings. The fraction of sp³-hybridized carbons (Fsp3) is 0.368. The van der Waals surface area contributed by atoms with E-state index in [1.807, 2.05) is 44.4 Å². The van der Waals surface area contributed by atoms with Gasteiger partial charge in [0.1, 0.15) is 5.69 Å². The van der Waals surface area contributed by atoms with Crippen LogP contribution in [0, 0.1) is 10.1 Å². The van der Waals surface area contributed by atoms with E-state index < -0.39 is 16.0 Å². The van der Waals surface area contributed by atoms with Crippen molar-refractivity contribution in [3.63, 3.8) is 0 Å². The minimum atomic E-state index is -2.04. The smallest absolute Gasteiger partial charge is 0.292 e. The van der Waals surface area contributed by atoms with E-state index in [4.69, 9.17) is 4.55 Å². The highest BCUT2D eigenvalue weighted by Gasteiger charge is 2.19. The largest absolute Gasteiger partial charge is 0.376 e. The Balaban J connectivity index is 2.16. The lowest BCUT2D eigenvalue weighted by Crippen LogP contribution is -2.28. The van der Waals surface area contributed by atoms with Gasteiger partial charge >= 0.3 is 0 Å². The molecule has 0 aliphatic rings. The van der Waals surface area contributed by atoms with Crippen molar-refractivity contribution >= 4 is 34.2 Å². The third-order valence-corrected chi connectivity index (χ3v) is 5.78. The first-order valence-corrected chi connectivity index (χ1v) is 11.0. The highest BCUT2D eigenvalue weighted by Crippen LogP contribution is 2.28. The van der Waals surface area contributed by atoms with Gasteiger partial charge in [-0.05, 0) is 50.8 Å². The van der Waals surface area contributed by atoms with Gasteiger partial charge in [0, 0.05) is 22.8 Å². The van der Waals surface area contributed by atoms with Crippen molar-refractivity contribution in [2.24, 2.45) is 0 Å². The molecule has 2 N–H and O–H groups in total. The van der Waals surface area contributed by atoms with Crippen LogP contribution in [0.25, 0.3) is 0 Å². The van der Waals surface area contributed by atoms with Crippen LogP contribution < -0.4 is 5.32 Å². The lowest BCUT2D eigenvalue weighted by Gasteiger charge is -2.22. The number of nitrogens with one attached hydrogen (secondary N) is 1. The number of thioether (sulfide) groups is 1. The van der Waals surface area contributed by atoms with Gasteiger partial charge in [0.2, 0.25) is 0 Å². The van der Waals surface area contributed by atoms with Gasteiger partial charge in [-0.25, -0.2) is 4.21 Å². The lowest BCUT2D eigenvalue weighted by atomic mass is 10.1. The Kier molecular flexibility index (Phi) is 8.91. The molecule has 0 aromatic heterocycles. The quantitative estimate of drug-likeness (QED) is 0.245. The Hall–Kier alpha value is -1.94. The monoisotopic (exact) mass is 423 g/mol. The number of benzene rings is 2. The van der Waals surface area contributed by atoms with Gasteiger partial charge < -0.3 is 14.8 Å². The Labute approximate surface area is 172 Å². The molecule has 0 spiro atoms. The topological polar surface area (TPSA) is 95.7 Å². The van der Waals surface area contributed by atoms with Crippen LogP contribution in [0.1, 0.15) is 12.0 Å². The number of anilines is 1. The Morgan fingerprint density at radius 1 is 1.25 bits per heavy atom. The maximum atomic E-state index is 11.5. The molecule has 9 heteroatoms. The predicted molar refractivity (Wildman–Crippen MR) is 115 cm³/mol. The second-order valence-corrected chi connectivity index (χ2v) is 8.66. The number of rotatable bonds is 11. The van der Waals surface area contributed by atoms with Crippen LogP contribution in [-0.4, -0.2) is 51.0 Å². The van der Waals surface area contributed by atoms with E-state index in [1.165, 1.54) is 6.07 Å². The molecule has 7 nitrogen and oxygen atoms in total. The zero-order valence-electron chi connectivity index (χ0n) is 15.9. The first-order chi connectivity index (χ1) is 13.3. The summed E-state index contributed by atoms with van der Waals surface area (Å²) in [6.07, 6.45) is 0.826. The fourth-order valence-corrected chi connectivity index (χ4v) is 4.09. The summed E-state index contributed by atoms with van der Waals surface area (Å²) in [6, 6.07) is 14.7. The van der Waals surface area contributed by atoms with Gasteiger partial charge in [-0.15, -0.1) is 11.8 Å². The molecular formula is C19H25N3O4S2. The van der Waals surface area contributed by atoms with E-state index in [0.717, 1.165) is 23.6 Å². The summed E-state index contributed by atoms with van der Waals surface area (Å²) in [4.78, 5) is 14.3. The molecule has 2 aromatic rings. The standard InChI is InChI=1S/C19H25N3O4S2/c1-21(2)11-10-16(13-27-17-6-4-3-5-7-17)20-18-9-8-15(14-28(25)26)12-19(18)22(23)24/h3-9,12,16,20H,10-11,13-14H2,1-2H3,(H,25,26). The van der Waals surface area contributed by atoms with Crippen molar-refractivity contribution in [1.82, 2.24) is 4.90 Å². The summed E-state index contributed by atoms with van der Waals surface area (Å²) in [5.41, 5.74) is 0.805. The summed E-state index contributed by atoms with van der Waals surface area (Å²) in [7, 11) is 3.99. The predicted octanol–water partition coefficient (Wildman–Crippen LogP) is 3.84. The van der Waals surface area contributed by atoms with Crippen LogP contribution in [0.15, 0.2) is 53.4 Å². The molecule has 0 amide bonds. The zero-order chi connectivity index (χ0) is 20.5. The van der Waals surface area contributed by atoms with Crippen molar-refractivity contribution in [3.8, 4) is 0 Å². The Bertz CT molecular complexity index is 803. The molecular weight excluding hydrogens is 398 g/mol. The highest BCUT2D eigenvalue weighted by molar-refractivity contribution is 7.99. The molecule has 2 aromatic carbocycles. The Morgan fingerprint density at radius 2 is 1.96 bits per heavy atom. The van der Waals surface area contributed by atoms with Crippen LogP contribution in [-0.2, 0) is 16.8 Å². The number of nitro groups is 1. The maximum Gasteiger partial charge on any atom is 0.292 e. The third-order valence-electron chi connectivity index (χ3n) is 4.03. The third kappa shape index (κ3) is 7.59. The Morgan fingerprint density at radius 3 is 2.57 bits per heavy atom. The lowest BCUT2D eigenvalue weighted by molar-refractivity contribution is -0.384. The molecule has 0 radical (unpaired) electrons. The minimum Gasteiger partial charge on any atom is -0.376 e. The second kappa shape index (κ2) is 11.2. The summed E-state index contributed by atoms with van der Waals surface area (Å²) >= 11 is -0.339. The van der Waals surface area contributed by atoms with Crippen molar-refractivity contribution in [1.29, 1.82) is 0 Å². The molecule has 0 saturated heterocycles. The van der Waals surface area contributed by atoms with Crippen molar-refractivity contribution in [2.45, 2.75) is 23.1 Å². The molecule has 0 bridgehead atoms. The van der Waals surface area contributed by atoms with Crippen LogP contribution in [0.2, 0.25) is 0 Å². The number of nitro benzene ring substituents is 1. The van der Waals surface area contributed by atoms with E-state index >= 15 is 0 Å². The average molecular weight is 424 g/mol. The van der Waals surface area contributed by atoms with Gasteiger partial charge in [-0.3, -0.25) is 10.1 Å². The number of hydrogen-bond donors (Lipinski definition) is 2. The minimum absolute atomic E-state index is 0.0316. The normalized spacial score (nSPS) is 13.3. The van der Waals surface area contributed by atoms with Crippen molar-refractivity contribution < 1.29 is 13.7 Å². The first kappa shape index (κ1) is 22.4. The molecule has 0 aliphatic carbocycles. The number of nitrogens with zero attached hydrogens (tertiary/aromatic N) is 2. The summed E-state index contributed by atoms with van der Waals surface area (Å²) < 4.78 is 20.0. The van der Waals surface area contributed by atoms with Gasteiger partial charge in [0.15, 0.2) is 11.1 Å². The van der Waals surface area contributed by atoms with E-state index in [-0.39, 0.29) is 17.5 Å². The second-order valence-electron chi connectivity index (χ2n) is 6.63. The zero-order valence-corrected chi connectivity index (χ0v) is 17.5. The molecule has 0 saturated carbocycles. The molecule has 152 valence electrons. The van der Waals surface area contributed by atoms with Gasteiger partial charge in [-0.1, -0.05) is 24.3 Å². The van der Waals surface area contributed by atoms with Crippen LogP contribution in [0.3, 0.4) is 0 Å². The van der Waals surface area contributed by atoms with Crippen LogP contribution in [0.5, 0.6) is 0 Å². The molecule has 0 aliphatic heterocycles. The molecule has 0 heterocycles. The van der Waals surface area contributed by atoms with E-state index in [0.29, 0.717) is 11.3 Å². The van der Waals surface area contributed by atoms with Gasteiger partial charge in [0.25, 0.3) is 5.69 Å². The summed E-state index contributed by atoms with van der Waals surface area (Å²) in [6.45, 7) is 0.850. The first-order valence-electron chi connectivity index (χ1n) is 8.79. The van der Waals surface area contributed by atoms with Gasteiger partial charge in [0.05, 0.1) is 10.7 Å². The van der Waals surface area contributed by atoms with E-state index in [9.17, 15) is 14.3 Å². The van der Waals surface area contributed by atoms with E-state index in [1.54, 1.807) is 23.9 Å². The fourth-order valence-electron chi connectivity index (χ4n) is 2.63. The average Bonchev–Trinajstić information content (AvgIpc) is 2.65. The molecule has 2 atom stereocenters. The summed E-state index contributed by atoms with van der Waals surface area (Å²) in [5.74, 6) is 0.631. The highest BCUT2D eigenvalue weighted by atomic mass is 32.2. The number of hydrogen-bond acceptors (Lipinski definition) is 6. The maximum absolute atomic E-state index is 11.5. The molecule has 2 rings (SSSR count). The van der Waals surface area contributed by atoms with Gasteiger partial charge in [-0.2, -0.15) is 0 Å². The summed E-state index contributed by atoms with van der Waals surface area (Å²) in [5, 5.41) is 14.8. The molecule has 28 heavy (non-hydrogen) atoms. The molecule has 2 unspecified atom stereocenters. The van der Waals surface area contributed by atoms with Crippen molar-refractivity contribution in [2.75, 3.05) is 31.7 Å². The van der Waals surface area contributed by atoms with Crippen LogP contribution in [0.4, 0.5) is 11.4 Å². The van der Waals surface area contributed by atoms with Crippen molar-refractivity contribution in [3.05, 3.63) is 64.2 Å². The SMILES string of the molecule is CN(C)CCC(CSc1ccccc1)Nc1ccc(CS(=O)O)cc1[N+](=O)[O-].